The fourth-order valence-corrected chi connectivity index (χ4v) is 3.70. The number of rotatable bonds is 2. The zero-order valence-corrected chi connectivity index (χ0v) is 14.7. The highest BCUT2D eigenvalue weighted by molar-refractivity contribution is 9.10. The zero-order chi connectivity index (χ0) is 17.7. The Morgan fingerprint density at radius 2 is 1.79 bits per heavy atom. The number of carbonyl (C=O) groups is 1. The zero-order valence-electron chi connectivity index (χ0n) is 13.1. The third-order valence-corrected chi connectivity index (χ3v) is 4.91. The van der Waals surface area contributed by atoms with Gasteiger partial charge in [0.05, 0.1) is 0 Å². The Morgan fingerprint density at radius 3 is 2.29 bits per heavy atom. The molecule has 0 aromatic heterocycles. The van der Waals surface area contributed by atoms with Crippen LogP contribution in [0.2, 0.25) is 0 Å². The second-order valence-corrected chi connectivity index (χ2v) is 7.41. The molecule has 1 atom stereocenters. The topological polar surface area (TPSA) is 32.3 Å². The fraction of sp³-hybridized carbons (Fsp3) is 0.353. The quantitative estimate of drug-likeness (QED) is 0.790. The van der Waals surface area contributed by atoms with Gasteiger partial charge in [0.1, 0.15) is 0 Å². The van der Waals surface area contributed by atoms with Crippen LogP contribution in [0.15, 0.2) is 40.9 Å². The minimum absolute atomic E-state index is 0.0186. The van der Waals surface area contributed by atoms with Gasteiger partial charge in [-0.15, -0.1) is 0 Å². The van der Waals surface area contributed by atoms with Gasteiger partial charge in [0.25, 0.3) is 0 Å². The first kappa shape index (κ1) is 17.2. The summed E-state index contributed by atoms with van der Waals surface area (Å²) in [4.78, 5) is 11.7. The van der Waals surface area contributed by atoms with E-state index in [0.29, 0.717) is 9.86 Å². The highest BCUT2D eigenvalue weighted by Gasteiger charge is 2.53. The van der Waals surface area contributed by atoms with Crippen molar-refractivity contribution in [2.24, 2.45) is 0 Å². The molecule has 0 bridgehead atoms. The van der Waals surface area contributed by atoms with E-state index in [1.165, 1.54) is 6.07 Å². The molecule has 0 spiro atoms. The summed E-state index contributed by atoms with van der Waals surface area (Å²) in [7, 11) is 0. The van der Waals surface area contributed by atoms with E-state index in [0.717, 1.165) is 10.4 Å². The molecule has 1 aliphatic rings. The number of alkyl halides is 3. The van der Waals surface area contributed by atoms with Gasteiger partial charge in [0.15, 0.2) is 6.04 Å². The van der Waals surface area contributed by atoms with E-state index in [1.807, 2.05) is 12.1 Å². The average Bonchev–Trinajstić information content (AvgIpc) is 2.71. The predicted octanol–water partition coefficient (Wildman–Crippen LogP) is 4.72. The third kappa shape index (κ3) is 3.02. The summed E-state index contributed by atoms with van der Waals surface area (Å²) >= 11 is 3.27. The smallest absolute Gasteiger partial charge is 0.287 e. The van der Waals surface area contributed by atoms with Gasteiger partial charge in [-0.2, -0.15) is 18.2 Å². The fourth-order valence-electron chi connectivity index (χ4n) is 3.12. The molecule has 1 N–H and O–H groups in total. The normalized spacial score (nSPS) is 19.5. The van der Waals surface area contributed by atoms with Crippen molar-refractivity contribution >= 4 is 32.6 Å². The first-order valence-electron chi connectivity index (χ1n) is 7.43. The van der Waals surface area contributed by atoms with E-state index < -0.39 is 23.7 Å². The highest BCUT2D eigenvalue weighted by atomic mass is 79.9. The molecule has 0 radical (unpaired) electrons. The molecule has 0 unspecified atom stereocenters. The molecular weight excluding hydrogens is 385 g/mol. The van der Waals surface area contributed by atoms with E-state index in [-0.39, 0.29) is 12.0 Å². The van der Waals surface area contributed by atoms with E-state index >= 15 is 0 Å². The Hall–Kier alpha value is -1.60. The maximum absolute atomic E-state index is 13.9. The second kappa shape index (κ2) is 5.74. The maximum atomic E-state index is 13.9. The van der Waals surface area contributed by atoms with Crippen molar-refractivity contribution in [3.05, 3.63) is 46.4 Å². The SMILES string of the molecule is CC1(C)CC(=O)NN1[C@@H](c1cc2ccccc2cc1Br)C(F)(F)F. The molecule has 1 aliphatic heterocycles. The van der Waals surface area contributed by atoms with E-state index in [4.69, 9.17) is 0 Å². The van der Waals surface area contributed by atoms with Crippen LogP contribution in [0.3, 0.4) is 0 Å². The number of hydrogen-bond acceptors (Lipinski definition) is 2. The molecule has 2 aromatic carbocycles. The Bertz CT molecular complexity index is 804. The standard InChI is InChI=1S/C17H16BrF3N2O/c1-16(2)9-14(24)22-23(16)15(17(19,20)21)12-7-10-5-3-4-6-11(10)8-13(12)18/h3-8,15H,9H2,1-2H3,(H,22,24)/t15-/m0/s1. The van der Waals surface area contributed by atoms with Crippen LogP contribution in [0, 0.1) is 0 Å². The van der Waals surface area contributed by atoms with E-state index in [2.05, 4.69) is 21.4 Å². The predicted molar refractivity (Wildman–Crippen MR) is 89.1 cm³/mol. The summed E-state index contributed by atoms with van der Waals surface area (Å²) in [6.07, 6.45) is -4.52. The molecule has 3 rings (SSSR count). The van der Waals surface area contributed by atoms with E-state index in [9.17, 15) is 18.0 Å². The number of carbonyl (C=O) groups excluding carboxylic acids is 1. The monoisotopic (exact) mass is 400 g/mol. The lowest BCUT2D eigenvalue weighted by Crippen LogP contribution is -2.51. The molecule has 1 saturated heterocycles. The van der Waals surface area contributed by atoms with Crippen molar-refractivity contribution in [1.29, 1.82) is 0 Å². The maximum Gasteiger partial charge on any atom is 0.409 e. The van der Waals surface area contributed by atoms with Crippen LogP contribution in [0.1, 0.15) is 31.9 Å². The number of hydrogen-bond donors (Lipinski definition) is 1. The van der Waals surface area contributed by atoms with Crippen molar-refractivity contribution in [2.45, 2.75) is 38.0 Å². The van der Waals surface area contributed by atoms with Gasteiger partial charge in [-0.25, -0.2) is 0 Å². The Morgan fingerprint density at radius 1 is 1.21 bits per heavy atom. The molecule has 3 nitrogen and oxygen atoms in total. The number of fused-ring (bicyclic) bond motifs is 1. The molecule has 0 aliphatic carbocycles. The summed E-state index contributed by atoms with van der Waals surface area (Å²) < 4.78 is 42.0. The molecule has 7 heteroatoms. The molecule has 1 amide bonds. The van der Waals surface area contributed by atoms with Crippen molar-refractivity contribution in [3.63, 3.8) is 0 Å². The number of halogens is 4. The number of benzene rings is 2. The first-order valence-corrected chi connectivity index (χ1v) is 8.22. The minimum atomic E-state index is -4.54. The summed E-state index contributed by atoms with van der Waals surface area (Å²) in [6.45, 7) is 3.25. The number of hydrazine groups is 1. The number of nitrogens with zero attached hydrogens (tertiary/aromatic N) is 1. The molecule has 1 fully saturated rings. The summed E-state index contributed by atoms with van der Waals surface area (Å²) in [5.74, 6) is -0.411. The van der Waals surface area contributed by atoms with Crippen LogP contribution in [0.5, 0.6) is 0 Å². The summed E-state index contributed by atoms with van der Waals surface area (Å²) in [6, 6.07) is 8.49. The van der Waals surface area contributed by atoms with Crippen molar-refractivity contribution < 1.29 is 18.0 Å². The molecule has 0 saturated carbocycles. The largest absolute Gasteiger partial charge is 0.409 e. The lowest BCUT2D eigenvalue weighted by Gasteiger charge is -2.38. The lowest BCUT2D eigenvalue weighted by atomic mass is 9.95. The minimum Gasteiger partial charge on any atom is -0.287 e. The average molecular weight is 401 g/mol. The van der Waals surface area contributed by atoms with Gasteiger partial charge < -0.3 is 0 Å². The highest BCUT2D eigenvalue weighted by Crippen LogP contribution is 2.45. The van der Waals surface area contributed by atoms with Crippen LogP contribution in [-0.2, 0) is 4.79 Å². The van der Waals surface area contributed by atoms with Crippen LogP contribution in [-0.4, -0.2) is 22.6 Å². The Balaban J connectivity index is 2.17. The molecular formula is C17H16BrF3N2O. The van der Waals surface area contributed by atoms with Crippen molar-refractivity contribution in [3.8, 4) is 0 Å². The second-order valence-electron chi connectivity index (χ2n) is 6.56. The number of nitrogens with one attached hydrogen (secondary N) is 1. The third-order valence-electron chi connectivity index (χ3n) is 4.22. The van der Waals surface area contributed by atoms with Gasteiger partial charge in [0, 0.05) is 16.4 Å². The van der Waals surface area contributed by atoms with Crippen molar-refractivity contribution in [2.75, 3.05) is 0 Å². The van der Waals surface area contributed by atoms with E-state index in [1.54, 1.807) is 32.0 Å². The summed E-state index contributed by atoms with van der Waals surface area (Å²) in [5, 5.41) is 2.58. The molecule has 128 valence electrons. The Labute approximate surface area is 145 Å². The summed E-state index contributed by atoms with van der Waals surface area (Å²) in [5.41, 5.74) is 1.52. The van der Waals surface area contributed by atoms with Gasteiger partial charge >= 0.3 is 6.18 Å². The van der Waals surface area contributed by atoms with Crippen LogP contribution in [0.4, 0.5) is 13.2 Å². The van der Waals surface area contributed by atoms with Gasteiger partial charge in [-0.3, -0.25) is 10.2 Å². The first-order chi connectivity index (χ1) is 11.1. The Kier molecular flexibility index (Phi) is 4.12. The molecule has 1 heterocycles. The van der Waals surface area contributed by atoms with Gasteiger partial charge in [-0.1, -0.05) is 40.2 Å². The van der Waals surface area contributed by atoms with Crippen LogP contribution in [0.25, 0.3) is 10.8 Å². The number of amides is 1. The van der Waals surface area contributed by atoms with Crippen molar-refractivity contribution in [1.82, 2.24) is 10.4 Å². The van der Waals surface area contributed by atoms with Crippen LogP contribution < -0.4 is 5.43 Å². The van der Waals surface area contributed by atoms with Gasteiger partial charge in [-0.05, 0) is 42.3 Å². The lowest BCUT2D eigenvalue weighted by molar-refractivity contribution is -0.204. The van der Waals surface area contributed by atoms with Crippen LogP contribution >= 0.6 is 15.9 Å². The van der Waals surface area contributed by atoms with Gasteiger partial charge in [0.2, 0.25) is 5.91 Å². The molecule has 2 aromatic rings. The molecule has 24 heavy (non-hydrogen) atoms.